The van der Waals surface area contributed by atoms with Crippen molar-refractivity contribution in [2.75, 3.05) is 5.32 Å². The highest BCUT2D eigenvalue weighted by Gasteiger charge is 2.22. The molecule has 1 amide bonds. The molecule has 31 heavy (non-hydrogen) atoms. The Kier molecular flexibility index (Phi) is 8.20. The molecule has 0 aliphatic carbocycles. The number of anilines is 1. The van der Waals surface area contributed by atoms with Crippen LogP contribution in [0, 0.1) is 6.92 Å². The van der Waals surface area contributed by atoms with Crippen molar-refractivity contribution in [3.05, 3.63) is 72.6 Å². The van der Waals surface area contributed by atoms with Gasteiger partial charge in [-0.1, -0.05) is 48.5 Å². The minimum absolute atomic E-state index is 0.111. The van der Waals surface area contributed by atoms with Crippen molar-refractivity contribution in [1.29, 1.82) is 0 Å². The van der Waals surface area contributed by atoms with E-state index in [4.69, 9.17) is 0 Å². The molecule has 3 rings (SSSR count). The second kappa shape index (κ2) is 11.1. The summed E-state index contributed by atoms with van der Waals surface area (Å²) >= 11 is 3.09. The van der Waals surface area contributed by atoms with Gasteiger partial charge in [-0.3, -0.25) is 4.79 Å². The highest BCUT2D eigenvalue weighted by Crippen LogP contribution is 2.29. The molecule has 2 N–H and O–H groups in total. The average molecular weight is 455 g/mol. The fraction of sp³-hybridized carbons (Fsp3) is 0.261. The number of hydrogen-bond donors (Lipinski definition) is 2. The predicted molar refractivity (Wildman–Crippen MR) is 128 cm³/mol. The molecule has 0 spiro atoms. The van der Waals surface area contributed by atoms with Gasteiger partial charge >= 0.3 is 0 Å². The van der Waals surface area contributed by atoms with E-state index in [0.717, 1.165) is 5.82 Å². The van der Waals surface area contributed by atoms with Crippen molar-refractivity contribution in [2.24, 2.45) is 0 Å². The first-order valence-electron chi connectivity index (χ1n) is 9.99. The highest BCUT2D eigenvalue weighted by atomic mass is 32.2. The number of phenolic OH excluding ortho intramolecular Hbond substituents is 1. The second-order valence-corrected chi connectivity index (χ2v) is 9.17. The summed E-state index contributed by atoms with van der Waals surface area (Å²) in [4.78, 5) is 13.9. The lowest BCUT2D eigenvalue weighted by Gasteiger charge is -2.15. The molecule has 0 bridgehead atoms. The number of nitrogens with one attached hydrogen (secondary N) is 1. The number of aromatic hydroxyl groups is 1. The first kappa shape index (κ1) is 23.0. The quantitative estimate of drug-likeness (QED) is 0.320. The van der Waals surface area contributed by atoms with Gasteiger partial charge < -0.3 is 15.0 Å². The number of benzene rings is 2. The summed E-state index contributed by atoms with van der Waals surface area (Å²) < 4.78 is 2.00. The fourth-order valence-corrected chi connectivity index (χ4v) is 4.68. The Morgan fingerprint density at radius 2 is 2.03 bits per heavy atom. The van der Waals surface area contributed by atoms with Gasteiger partial charge in [0.2, 0.25) is 5.91 Å². The van der Waals surface area contributed by atoms with Gasteiger partial charge in [0.1, 0.15) is 11.6 Å². The Labute approximate surface area is 191 Å². The van der Waals surface area contributed by atoms with Crippen molar-refractivity contribution in [2.45, 2.75) is 47.9 Å². The van der Waals surface area contributed by atoms with Crippen molar-refractivity contribution >= 4 is 35.1 Å². The van der Waals surface area contributed by atoms with E-state index in [1.165, 1.54) is 28.3 Å². The Morgan fingerprint density at radius 1 is 1.26 bits per heavy atom. The third-order valence-electron chi connectivity index (χ3n) is 4.52. The summed E-state index contributed by atoms with van der Waals surface area (Å²) in [7, 11) is 0. The molecule has 3 aromatic rings. The van der Waals surface area contributed by atoms with Crippen LogP contribution < -0.4 is 5.32 Å². The monoisotopic (exact) mass is 454 g/mol. The SMILES string of the molecule is C=CCn1c(CSc2ccc(C)cc2)nnc1SC(CC)C(=O)Nc1cccc(O)c1. The zero-order valence-corrected chi connectivity index (χ0v) is 19.2. The van der Waals surface area contributed by atoms with E-state index in [1.54, 1.807) is 36.0 Å². The Bertz CT molecular complexity index is 1030. The van der Waals surface area contributed by atoms with E-state index in [9.17, 15) is 9.90 Å². The number of phenols is 1. The molecule has 162 valence electrons. The molecule has 1 unspecified atom stereocenters. The summed E-state index contributed by atoms with van der Waals surface area (Å²) in [6, 6.07) is 14.9. The number of rotatable bonds is 10. The molecule has 8 heteroatoms. The molecule has 0 saturated carbocycles. The lowest BCUT2D eigenvalue weighted by molar-refractivity contribution is -0.115. The zero-order chi connectivity index (χ0) is 22.2. The van der Waals surface area contributed by atoms with E-state index in [2.05, 4.69) is 53.3 Å². The molecule has 0 aliphatic rings. The summed E-state index contributed by atoms with van der Waals surface area (Å²) in [6.07, 6.45) is 2.44. The number of aromatic nitrogens is 3. The number of hydrogen-bond acceptors (Lipinski definition) is 6. The smallest absolute Gasteiger partial charge is 0.237 e. The van der Waals surface area contributed by atoms with Crippen LogP contribution in [-0.4, -0.2) is 31.0 Å². The van der Waals surface area contributed by atoms with Gasteiger partial charge in [-0.2, -0.15) is 0 Å². The fourth-order valence-electron chi connectivity index (χ4n) is 2.86. The van der Waals surface area contributed by atoms with Crippen molar-refractivity contribution < 1.29 is 9.90 Å². The summed E-state index contributed by atoms with van der Waals surface area (Å²) in [5, 5.41) is 21.5. The van der Waals surface area contributed by atoms with Gasteiger partial charge in [0.05, 0.1) is 11.0 Å². The molecular formula is C23H26N4O2S2. The normalized spacial score (nSPS) is 11.8. The molecule has 1 aromatic heterocycles. The van der Waals surface area contributed by atoms with Crippen LogP contribution in [0.3, 0.4) is 0 Å². The van der Waals surface area contributed by atoms with Gasteiger partial charge in [0.15, 0.2) is 5.16 Å². The molecule has 0 fully saturated rings. The first-order chi connectivity index (χ1) is 15.0. The Morgan fingerprint density at radius 3 is 2.71 bits per heavy atom. The number of carbonyl (C=O) groups excluding carboxylic acids is 1. The zero-order valence-electron chi connectivity index (χ0n) is 17.6. The van der Waals surface area contributed by atoms with E-state index in [1.807, 2.05) is 11.5 Å². The van der Waals surface area contributed by atoms with Crippen LogP contribution >= 0.6 is 23.5 Å². The molecule has 6 nitrogen and oxygen atoms in total. The largest absolute Gasteiger partial charge is 0.508 e. The molecule has 2 aromatic carbocycles. The third-order valence-corrected chi connectivity index (χ3v) is 6.87. The molecule has 0 radical (unpaired) electrons. The molecule has 1 atom stereocenters. The van der Waals surface area contributed by atoms with Gasteiger partial charge in [-0.15, -0.1) is 28.5 Å². The van der Waals surface area contributed by atoms with Gasteiger partial charge in [0.25, 0.3) is 0 Å². The Hall–Kier alpha value is -2.71. The molecular weight excluding hydrogens is 428 g/mol. The lowest BCUT2D eigenvalue weighted by Crippen LogP contribution is -2.25. The number of thioether (sulfide) groups is 2. The van der Waals surface area contributed by atoms with Crippen LogP contribution in [0.4, 0.5) is 5.69 Å². The number of allylic oxidation sites excluding steroid dienone is 1. The first-order valence-corrected chi connectivity index (χ1v) is 11.9. The maximum absolute atomic E-state index is 12.8. The maximum atomic E-state index is 12.8. The number of aryl methyl sites for hydroxylation is 1. The van der Waals surface area contributed by atoms with E-state index in [0.29, 0.717) is 29.6 Å². The van der Waals surface area contributed by atoms with E-state index < -0.39 is 0 Å². The van der Waals surface area contributed by atoms with Crippen molar-refractivity contribution in [3.8, 4) is 5.75 Å². The summed E-state index contributed by atoms with van der Waals surface area (Å²) in [6.45, 7) is 8.45. The molecule has 1 heterocycles. The van der Waals surface area contributed by atoms with E-state index in [-0.39, 0.29) is 16.9 Å². The van der Waals surface area contributed by atoms with Crippen LogP contribution in [-0.2, 0) is 17.1 Å². The average Bonchev–Trinajstić information content (AvgIpc) is 3.13. The maximum Gasteiger partial charge on any atom is 0.237 e. The van der Waals surface area contributed by atoms with Crippen LogP contribution in [0.25, 0.3) is 0 Å². The Balaban J connectivity index is 1.70. The third kappa shape index (κ3) is 6.38. The number of nitrogens with zero attached hydrogens (tertiary/aromatic N) is 3. The standard InChI is InChI=1S/C23H26N4O2S2/c1-4-13-27-21(15-30-19-11-9-16(3)10-12-19)25-26-23(27)31-20(5-2)22(29)24-17-7-6-8-18(28)14-17/h4,6-12,14,20,28H,1,5,13,15H2,2-3H3,(H,24,29). The topological polar surface area (TPSA) is 80.0 Å². The van der Waals surface area contributed by atoms with Gasteiger partial charge in [-0.05, 0) is 37.6 Å². The van der Waals surface area contributed by atoms with E-state index >= 15 is 0 Å². The number of amides is 1. The summed E-state index contributed by atoms with van der Waals surface area (Å²) in [5.74, 6) is 1.49. The molecule has 0 saturated heterocycles. The summed E-state index contributed by atoms with van der Waals surface area (Å²) in [5.41, 5.74) is 1.79. The van der Waals surface area contributed by atoms with Crippen LogP contribution in [0.5, 0.6) is 5.75 Å². The minimum Gasteiger partial charge on any atom is -0.508 e. The van der Waals surface area contributed by atoms with Crippen LogP contribution in [0.1, 0.15) is 24.7 Å². The minimum atomic E-state index is -0.340. The second-order valence-electron chi connectivity index (χ2n) is 6.95. The van der Waals surface area contributed by atoms with Gasteiger partial charge in [0, 0.05) is 23.2 Å². The van der Waals surface area contributed by atoms with Crippen molar-refractivity contribution in [3.63, 3.8) is 0 Å². The van der Waals surface area contributed by atoms with Crippen LogP contribution in [0.15, 0.2) is 71.2 Å². The van der Waals surface area contributed by atoms with Gasteiger partial charge in [-0.25, -0.2) is 0 Å². The van der Waals surface area contributed by atoms with Crippen molar-refractivity contribution in [1.82, 2.24) is 14.8 Å². The predicted octanol–water partition coefficient (Wildman–Crippen LogP) is 5.28. The molecule has 0 aliphatic heterocycles. The number of carbonyl (C=O) groups is 1. The lowest BCUT2D eigenvalue weighted by atomic mass is 10.2. The van der Waals surface area contributed by atoms with Crippen LogP contribution in [0.2, 0.25) is 0 Å². The highest BCUT2D eigenvalue weighted by molar-refractivity contribution is 8.00.